The minimum atomic E-state index is 0.660. The number of unbranched alkanes of at least 4 members (excludes halogenated alkanes) is 1. The second-order valence-electron chi connectivity index (χ2n) is 4.75. The lowest BCUT2D eigenvalue weighted by Crippen LogP contribution is -2.26. The highest BCUT2D eigenvalue weighted by atomic mass is 14.9. The summed E-state index contributed by atoms with van der Waals surface area (Å²) < 4.78 is 0. The second-order valence-corrected chi connectivity index (χ2v) is 4.75. The van der Waals surface area contributed by atoms with Crippen molar-refractivity contribution in [3.05, 3.63) is 0 Å². The maximum Gasteiger partial charge on any atom is -0.00206 e. The monoisotopic (exact) mass is 214 g/mol. The van der Waals surface area contributed by atoms with E-state index in [4.69, 9.17) is 5.73 Å². The molecular formula is C13H30N2. The lowest BCUT2D eigenvalue weighted by Gasteiger charge is -2.16. The minimum Gasteiger partial charge on any atom is -0.330 e. The Hall–Kier alpha value is -0.0800. The number of nitrogens with one attached hydrogen (secondary N) is 1. The smallest absolute Gasteiger partial charge is 0.00206 e. The van der Waals surface area contributed by atoms with Crippen LogP contribution in [0.1, 0.15) is 52.9 Å². The predicted molar refractivity (Wildman–Crippen MR) is 69.0 cm³/mol. The van der Waals surface area contributed by atoms with Gasteiger partial charge in [-0.3, -0.25) is 0 Å². The Bertz CT molecular complexity index is 126. The molecule has 0 heterocycles. The van der Waals surface area contributed by atoms with Gasteiger partial charge in [0.05, 0.1) is 0 Å². The van der Waals surface area contributed by atoms with E-state index in [0.29, 0.717) is 5.92 Å². The van der Waals surface area contributed by atoms with Crippen LogP contribution < -0.4 is 11.1 Å². The molecule has 0 spiro atoms. The Morgan fingerprint density at radius 1 is 1.20 bits per heavy atom. The molecule has 2 unspecified atom stereocenters. The second kappa shape index (κ2) is 10.4. The van der Waals surface area contributed by atoms with Crippen LogP contribution in [0.5, 0.6) is 0 Å². The lowest BCUT2D eigenvalue weighted by molar-refractivity contribution is 0.407. The van der Waals surface area contributed by atoms with E-state index in [1.54, 1.807) is 0 Å². The summed E-state index contributed by atoms with van der Waals surface area (Å²) in [4.78, 5) is 0. The third-order valence-electron chi connectivity index (χ3n) is 3.19. The van der Waals surface area contributed by atoms with Gasteiger partial charge in [-0.2, -0.15) is 0 Å². The molecule has 0 aliphatic heterocycles. The molecule has 2 heteroatoms. The first-order valence-corrected chi connectivity index (χ1v) is 6.65. The number of hydrogen-bond acceptors (Lipinski definition) is 2. The summed E-state index contributed by atoms with van der Waals surface area (Å²) in [6, 6.07) is 0. The predicted octanol–water partition coefficient (Wildman–Crippen LogP) is 2.78. The summed E-state index contributed by atoms with van der Waals surface area (Å²) in [7, 11) is 0. The molecule has 0 aromatic carbocycles. The Morgan fingerprint density at radius 2 is 1.93 bits per heavy atom. The number of nitrogens with two attached hydrogens (primary N) is 1. The van der Waals surface area contributed by atoms with Crippen molar-refractivity contribution in [1.82, 2.24) is 5.32 Å². The molecule has 0 bridgehead atoms. The molecule has 0 aromatic rings. The van der Waals surface area contributed by atoms with E-state index < -0.39 is 0 Å². The van der Waals surface area contributed by atoms with Gasteiger partial charge in [-0.05, 0) is 44.3 Å². The SMILES string of the molecule is CCCCC(CC)CNCCC(C)CN. The van der Waals surface area contributed by atoms with E-state index in [2.05, 4.69) is 26.1 Å². The van der Waals surface area contributed by atoms with Crippen LogP contribution >= 0.6 is 0 Å². The van der Waals surface area contributed by atoms with Crippen molar-refractivity contribution < 1.29 is 0 Å². The molecule has 0 aromatic heterocycles. The van der Waals surface area contributed by atoms with E-state index in [1.165, 1.54) is 38.6 Å². The Balaban J connectivity index is 3.37. The molecule has 0 saturated carbocycles. The summed E-state index contributed by atoms with van der Waals surface area (Å²) >= 11 is 0. The molecule has 0 radical (unpaired) electrons. The van der Waals surface area contributed by atoms with Gasteiger partial charge in [0, 0.05) is 0 Å². The van der Waals surface area contributed by atoms with Crippen LogP contribution in [0, 0.1) is 11.8 Å². The fourth-order valence-corrected chi connectivity index (χ4v) is 1.72. The zero-order chi connectivity index (χ0) is 11.5. The standard InChI is InChI=1S/C13H30N2/c1-4-6-7-13(5-2)11-15-9-8-12(3)10-14/h12-13,15H,4-11,14H2,1-3H3. The van der Waals surface area contributed by atoms with E-state index >= 15 is 0 Å². The van der Waals surface area contributed by atoms with E-state index in [9.17, 15) is 0 Å². The van der Waals surface area contributed by atoms with Crippen molar-refractivity contribution in [3.63, 3.8) is 0 Å². The van der Waals surface area contributed by atoms with Gasteiger partial charge < -0.3 is 11.1 Å². The summed E-state index contributed by atoms with van der Waals surface area (Å²) in [6.45, 7) is 9.91. The normalized spacial score (nSPS) is 15.2. The Labute approximate surface area is 96.0 Å². The third-order valence-corrected chi connectivity index (χ3v) is 3.19. The average molecular weight is 214 g/mol. The van der Waals surface area contributed by atoms with Crippen LogP contribution in [-0.2, 0) is 0 Å². The molecule has 2 atom stereocenters. The highest BCUT2D eigenvalue weighted by Gasteiger charge is 2.05. The van der Waals surface area contributed by atoms with Gasteiger partial charge in [0.2, 0.25) is 0 Å². The fraction of sp³-hybridized carbons (Fsp3) is 1.00. The van der Waals surface area contributed by atoms with Crippen molar-refractivity contribution >= 4 is 0 Å². The van der Waals surface area contributed by atoms with Gasteiger partial charge in [-0.25, -0.2) is 0 Å². The summed E-state index contributed by atoms with van der Waals surface area (Å²) in [6.07, 6.45) is 6.59. The van der Waals surface area contributed by atoms with Crippen LogP contribution in [-0.4, -0.2) is 19.6 Å². The van der Waals surface area contributed by atoms with E-state index in [1.807, 2.05) is 0 Å². The Kier molecular flexibility index (Phi) is 10.4. The van der Waals surface area contributed by atoms with E-state index in [-0.39, 0.29) is 0 Å². The van der Waals surface area contributed by atoms with Crippen molar-refractivity contribution in [1.29, 1.82) is 0 Å². The zero-order valence-corrected chi connectivity index (χ0v) is 10.9. The quantitative estimate of drug-likeness (QED) is 0.549. The van der Waals surface area contributed by atoms with Gasteiger partial charge in [0.15, 0.2) is 0 Å². The fourth-order valence-electron chi connectivity index (χ4n) is 1.72. The average Bonchev–Trinajstić information content (AvgIpc) is 2.27. The minimum absolute atomic E-state index is 0.660. The molecule has 2 nitrogen and oxygen atoms in total. The molecule has 15 heavy (non-hydrogen) atoms. The molecular weight excluding hydrogens is 184 g/mol. The van der Waals surface area contributed by atoms with Crippen LogP contribution in [0.2, 0.25) is 0 Å². The van der Waals surface area contributed by atoms with Gasteiger partial charge in [-0.1, -0.05) is 40.0 Å². The summed E-state index contributed by atoms with van der Waals surface area (Å²) in [5.74, 6) is 1.53. The first-order valence-electron chi connectivity index (χ1n) is 6.65. The van der Waals surface area contributed by atoms with Gasteiger partial charge >= 0.3 is 0 Å². The van der Waals surface area contributed by atoms with Gasteiger partial charge in [0.1, 0.15) is 0 Å². The molecule has 0 rings (SSSR count). The molecule has 92 valence electrons. The van der Waals surface area contributed by atoms with Gasteiger partial charge in [0.25, 0.3) is 0 Å². The van der Waals surface area contributed by atoms with Gasteiger partial charge in [-0.15, -0.1) is 0 Å². The molecule has 3 N–H and O–H groups in total. The maximum atomic E-state index is 5.58. The van der Waals surface area contributed by atoms with Crippen LogP contribution in [0.25, 0.3) is 0 Å². The molecule has 0 aliphatic carbocycles. The molecule has 0 saturated heterocycles. The number of rotatable bonds is 10. The first-order chi connectivity index (χ1) is 7.24. The van der Waals surface area contributed by atoms with Crippen molar-refractivity contribution in [2.75, 3.05) is 19.6 Å². The largest absolute Gasteiger partial charge is 0.330 e. The first kappa shape index (κ1) is 14.9. The van der Waals surface area contributed by atoms with Crippen LogP contribution in [0.15, 0.2) is 0 Å². The Morgan fingerprint density at radius 3 is 2.47 bits per heavy atom. The highest BCUT2D eigenvalue weighted by molar-refractivity contribution is 4.62. The van der Waals surface area contributed by atoms with Crippen molar-refractivity contribution in [2.24, 2.45) is 17.6 Å². The molecule has 0 aliphatic rings. The summed E-state index contributed by atoms with van der Waals surface area (Å²) in [5.41, 5.74) is 5.58. The molecule has 0 fully saturated rings. The van der Waals surface area contributed by atoms with Crippen LogP contribution in [0.4, 0.5) is 0 Å². The topological polar surface area (TPSA) is 38.0 Å². The zero-order valence-electron chi connectivity index (χ0n) is 10.9. The van der Waals surface area contributed by atoms with Crippen LogP contribution in [0.3, 0.4) is 0 Å². The van der Waals surface area contributed by atoms with Crippen molar-refractivity contribution in [3.8, 4) is 0 Å². The maximum absolute atomic E-state index is 5.58. The highest BCUT2D eigenvalue weighted by Crippen LogP contribution is 2.11. The molecule has 0 amide bonds. The summed E-state index contributed by atoms with van der Waals surface area (Å²) in [5, 5.41) is 3.55. The van der Waals surface area contributed by atoms with E-state index in [0.717, 1.165) is 19.0 Å². The third kappa shape index (κ3) is 8.88. The lowest BCUT2D eigenvalue weighted by atomic mass is 9.99. The van der Waals surface area contributed by atoms with Crippen molar-refractivity contribution in [2.45, 2.75) is 52.9 Å². The number of hydrogen-bond donors (Lipinski definition) is 2.